The number of hydrogen-bond donors (Lipinski definition) is 1. The molecule has 3 aromatic rings. The Balaban J connectivity index is 1.29. The minimum Gasteiger partial charge on any atom is -0.339 e. The highest BCUT2D eigenvalue weighted by molar-refractivity contribution is 7.16. The molecule has 0 saturated carbocycles. The molecule has 4 heterocycles. The molecular formula is C18H20N6OS. The second-order valence-corrected chi connectivity index (χ2v) is 7.79. The van der Waals surface area contributed by atoms with Crippen molar-refractivity contribution in [3.8, 4) is 0 Å². The zero-order valence-corrected chi connectivity index (χ0v) is 15.2. The first-order chi connectivity index (χ1) is 12.8. The number of aromatic nitrogens is 4. The predicted octanol–water partition coefficient (Wildman–Crippen LogP) is 2.01. The van der Waals surface area contributed by atoms with Crippen LogP contribution < -0.4 is 5.32 Å². The number of thiazole rings is 1. The Morgan fingerprint density at radius 1 is 1.19 bits per heavy atom. The molecule has 0 aliphatic carbocycles. The van der Waals surface area contributed by atoms with Crippen molar-refractivity contribution in [2.75, 3.05) is 19.6 Å². The van der Waals surface area contributed by atoms with E-state index in [4.69, 9.17) is 0 Å². The van der Waals surface area contributed by atoms with Crippen LogP contribution >= 0.6 is 11.3 Å². The molecule has 1 aromatic carbocycles. The summed E-state index contributed by atoms with van der Waals surface area (Å²) in [6, 6.07) is 5.78. The quantitative estimate of drug-likeness (QED) is 0.749. The SMILES string of the molecule is O=C(c1ccc2ncsc2c1)N1CCC(c2nnc3n2CCNC3)CC1. The third-order valence-corrected chi connectivity index (χ3v) is 6.17. The maximum absolute atomic E-state index is 12.9. The highest BCUT2D eigenvalue weighted by atomic mass is 32.1. The molecule has 7 nitrogen and oxygen atoms in total. The van der Waals surface area contributed by atoms with Gasteiger partial charge in [-0.25, -0.2) is 4.98 Å². The second kappa shape index (κ2) is 6.44. The van der Waals surface area contributed by atoms with Gasteiger partial charge in [-0.15, -0.1) is 21.5 Å². The van der Waals surface area contributed by atoms with E-state index in [1.165, 1.54) is 0 Å². The van der Waals surface area contributed by atoms with Crippen LogP contribution in [0.3, 0.4) is 0 Å². The maximum atomic E-state index is 12.9. The summed E-state index contributed by atoms with van der Waals surface area (Å²) >= 11 is 1.57. The zero-order valence-electron chi connectivity index (χ0n) is 14.4. The van der Waals surface area contributed by atoms with Crippen molar-refractivity contribution < 1.29 is 4.79 Å². The van der Waals surface area contributed by atoms with Crippen LogP contribution in [0.15, 0.2) is 23.7 Å². The van der Waals surface area contributed by atoms with E-state index in [1.807, 2.05) is 28.6 Å². The van der Waals surface area contributed by atoms with E-state index in [9.17, 15) is 4.79 Å². The van der Waals surface area contributed by atoms with Crippen LogP contribution in [-0.2, 0) is 13.1 Å². The van der Waals surface area contributed by atoms with E-state index >= 15 is 0 Å². The fourth-order valence-corrected chi connectivity index (χ4v) is 4.64. The number of amides is 1. The molecule has 8 heteroatoms. The van der Waals surface area contributed by atoms with E-state index in [2.05, 4.69) is 25.1 Å². The largest absolute Gasteiger partial charge is 0.339 e. The normalized spacial score (nSPS) is 18.2. The Hall–Kier alpha value is -2.32. The van der Waals surface area contributed by atoms with Gasteiger partial charge < -0.3 is 14.8 Å². The van der Waals surface area contributed by atoms with E-state index in [0.717, 1.165) is 73.0 Å². The van der Waals surface area contributed by atoms with Gasteiger partial charge in [-0.05, 0) is 31.0 Å². The van der Waals surface area contributed by atoms with E-state index < -0.39 is 0 Å². The summed E-state index contributed by atoms with van der Waals surface area (Å²) in [5, 5.41) is 12.1. The van der Waals surface area contributed by atoms with Crippen molar-refractivity contribution >= 4 is 27.5 Å². The van der Waals surface area contributed by atoms with Crippen LogP contribution in [-0.4, -0.2) is 50.2 Å². The lowest BCUT2D eigenvalue weighted by atomic mass is 9.95. The molecule has 1 N–H and O–H groups in total. The lowest BCUT2D eigenvalue weighted by Crippen LogP contribution is -2.38. The number of nitrogens with one attached hydrogen (secondary N) is 1. The smallest absolute Gasteiger partial charge is 0.253 e. The Kier molecular flexibility index (Phi) is 3.94. The Morgan fingerprint density at radius 3 is 2.96 bits per heavy atom. The molecule has 2 aromatic heterocycles. The maximum Gasteiger partial charge on any atom is 0.253 e. The lowest BCUT2D eigenvalue weighted by Gasteiger charge is -2.32. The highest BCUT2D eigenvalue weighted by Crippen LogP contribution is 2.29. The van der Waals surface area contributed by atoms with Gasteiger partial charge in [-0.1, -0.05) is 0 Å². The van der Waals surface area contributed by atoms with Crippen molar-refractivity contribution in [2.24, 2.45) is 0 Å². The second-order valence-electron chi connectivity index (χ2n) is 6.90. The summed E-state index contributed by atoms with van der Waals surface area (Å²) in [6.07, 6.45) is 1.89. The monoisotopic (exact) mass is 368 g/mol. The van der Waals surface area contributed by atoms with E-state index in [1.54, 1.807) is 11.3 Å². The third-order valence-electron chi connectivity index (χ3n) is 5.38. The van der Waals surface area contributed by atoms with Gasteiger partial charge in [0, 0.05) is 37.7 Å². The summed E-state index contributed by atoms with van der Waals surface area (Å²) in [5.41, 5.74) is 3.53. The number of piperidine rings is 1. The van der Waals surface area contributed by atoms with Crippen molar-refractivity contribution in [2.45, 2.75) is 31.8 Å². The van der Waals surface area contributed by atoms with Gasteiger partial charge in [0.25, 0.3) is 5.91 Å². The summed E-state index contributed by atoms with van der Waals surface area (Å²) in [4.78, 5) is 19.1. The third kappa shape index (κ3) is 2.69. The van der Waals surface area contributed by atoms with Crippen LogP contribution in [0.1, 0.15) is 40.8 Å². The summed E-state index contributed by atoms with van der Waals surface area (Å²) in [5.74, 6) is 2.64. The molecule has 2 aliphatic heterocycles. The molecule has 26 heavy (non-hydrogen) atoms. The van der Waals surface area contributed by atoms with Crippen molar-refractivity contribution in [1.82, 2.24) is 30.0 Å². The first-order valence-corrected chi connectivity index (χ1v) is 9.93. The van der Waals surface area contributed by atoms with Gasteiger partial charge in [0.1, 0.15) is 11.6 Å². The first-order valence-electron chi connectivity index (χ1n) is 9.05. The number of likely N-dealkylation sites (tertiary alicyclic amines) is 1. The number of nitrogens with zero attached hydrogens (tertiary/aromatic N) is 5. The van der Waals surface area contributed by atoms with Gasteiger partial charge in [-0.3, -0.25) is 4.79 Å². The van der Waals surface area contributed by atoms with Crippen LogP contribution in [0.25, 0.3) is 10.2 Å². The van der Waals surface area contributed by atoms with Crippen LogP contribution in [0, 0.1) is 0 Å². The molecule has 1 saturated heterocycles. The van der Waals surface area contributed by atoms with Crippen molar-refractivity contribution in [3.05, 3.63) is 40.9 Å². The van der Waals surface area contributed by atoms with Gasteiger partial charge in [0.2, 0.25) is 0 Å². The minimum atomic E-state index is 0.117. The molecule has 0 atom stereocenters. The zero-order chi connectivity index (χ0) is 17.5. The highest BCUT2D eigenvalue weighted by Gasteiger charge is 2.29. The van der Waals surface area contributed by atoms with E-state index in [-0.39, 0.29) is 5.91 Å². The molecule has 1 fully saturated rings. The fourth-order valence-electron chi connectivity index (χ4n) is 3.93. The summed E-state index contributed by atoms with van der Waals surface area (Å²) < 4.78 is 3.32. The number of carbonyl (C=O) groups excluding carboxylic acids is 1. The topological polar surface area (TPSA) is 75.9 Å². The van der Waals surface area contributed by atoms with Gasteiger partial charge in [0.15, 0.2) is 0 Å². The summed E-state index contributed by atoms with van der Waals surface area (Å²) in [7, 11) is 0. The predicted molar refractivity (Wildman–Crippen MR) is 99.2 cm³/mol. The van der Waals surface area contributed by atoms with Crippen molar-refractivity contribution in [1.29, 1.82) is 0 Å². The molecule has 5 rings (SSSR count). The van der Waals surface area contributed by atoms with Crippen LogP contribution in [0.4, 0.5) is 0 Å². The average molecular weight is 368 g/mol. The molecule has 0 radical (unpaired) electrons. The van der Waals surface area contributed by atoms with Crippen molar-refractivity contribution in [3.63, 3.8) is 0 Å². The molecule has 2 aliphatic rings. The average Bonchev–Trinajstić information content (AvgIpc) is 3.34. The number of fused-ring (bicyclic) bond motifs is 2. The Bertz CT molecular complexity index is 956. The van der Waals surface area contributed by atoms with E-state index in [0.29, 0.717) is 5.92 Å². The lowest BCUT2D eigenvalue weighted by molar-refractivity contribution is 0.0710. The Morgan fingerprint density at radius 2 is 2.08 bits per heavy atom. The van der Waals surface area contributed by atoms with Crippen LogP contribution in [0.2, 0.25) is 0 Å². The molecule has 0 spiro atoms. The molecule has 0 unspecified atom stereocenters. The molecule has 0 bridgehead atoms. The number of carbonyl (C=O) groups is 1. The number of rotatable bonds is 2. The van der Waals surface area contributed by atoms with Gasteiger partial charge in [-0.2, -0.15) is 0 Å². The first kappa shape index (κ1) is 15.9. The molecule has 1 amide bonds. The molecular weight excluding hydrogens is 348 g/mol. The standard InChI is InChI=1S/C18H20N6OS/c25-18(13-1-2-14-15(9-13)26-11-20-14)23-6-3-12(4-7-23)17-22-21-16-10-19-5-8-24(16)17/h1-2,9,11-12,19H,3-8,10H2. The Labute approximate surface area is 155 Å². The minimum absolute atomic E-state index is 0.117. The van der Waals surface area contributed by atoms with Crippen LogP contribution in [0.5, 0.6) is 0 Å². The fraction of sp³-hybridized carbons (Fsp3) is 0.444. The van der Waals surface area contributed by atoms with Gasteiger partial charge >= 0.3 is 0 Å². The van der Waals surface area contributed by atoms with Gasteiger partial charge in [0.05, 0.1) is 22.3 Å². The number of benzene rings is 1. The molecule has 134 valence electrons. The summed E-state index contributed by atoms with van der Waals surface area (Å²) in [6.45, 7) is 4.24. The number of hydrogen-bond acceptors (Lipinski definition) is 6.